The molecule has 1 aliphatic heterocycles. The Labute approximate surface area is 138 Å². The number of rotatable bonds is 4. The molecule has 0 saturated carbocycles. The normalized spacial score (nSPS) is 17.3. The predicted octanol–water partition coefficient (Wildman–Crippen LogP) is 1.16. The van der Waals surface area contributed by atoms with Crippen LogP contribution in [0.2, 0.25) is 0 Å². The van der Waals surface area contributed by atoms with Crippen LogP contribution >= 0.6 is 0 Å². The molecular formula is C16H17N7O. The summed E-state index contributed by atoms with van der Waals surface area (Å²) in [6.07, 6.45) is 7.17. The summed E-state index contributed by atoms with van der Waals surface area (Å²) in [5, 5.41) is 15.5. The van der Waals surface area contributed by atoms with Crippen molar-refractivity contribution in [1.82, 2.24) is 34.9 Å². The van der Waals surface area contributed by atoms with Gasteiger partial charge in [0.05, 0.1) is 23.8 Å². The minimum atomic E-state index is 0.00996. The third kappa shape index (κ3) is 2.66. The molecule has 4 rings (SSSR count). The summed E-state index contributed by atoms with van der Waals surface area (Å²) < 4.78 is 3.40. The molecule has 0 spiro atoms. The highest BCUT2D eigenvalue weighted by Gasteiger charge is 2.31. The third-order valence-electron chi connectivity index (χ3n) is 4.33. The summed E-state index contributed by atoms with van der Waals surface area (Å²) in [6, 6.07) is 9.46. The Kier molecular flexibility index (Phi) is 3.78. The molecule has 1 amide bonds. The second-order valence-electron chi connectivity index (χ2n) is 5.79. The molecule has 0 bridgehead atoms. The van der Waals surface area contributed by atoms with Crippen molar-refractivity contribution in [3.63, 3.8) is 0 Å². The molecule has 24 heavy (non-hydrogen) atoms. The summed E-state index contributed by atoms with van der Waals surface area (Å²) >= 11 is 0. The number of amides is 1. The Balaban J connectivity index is 1.61. The van der Waals surface area contributed by atoms with Crippen molar-refractivity contribution in [3.05, 3.63) is 54.6 Å². The van der Waals surface area contributed by atoms with Crippen molar-refractivity contribution in [3.8, 4) is 5.69 Å². The van der Waals surface area contributed by atoms with E-state index in [0.717, 1.165) is 19.4 Å². The smallest absolute Gasteiger partial charge is 0.256 e. The molecule has 2 aromatic heterocycles. The summed E-state index contributed by atoms with van der Waals surface area (Å²) in [6.45, 7) is 1.47. The molecule has 0 aliphatic carbocycles. The van der Waals surface area contributed by atoms with Gasteiger partial charge in [-0.25, -0.2) is 0 Å². The van der Waals surface area contributed by atoms with Crippen molar-refractivity contribution >= 4 is 5.91 Å². The Morgan fingerprint density at radius 1 is 1.25 bits per heavy atom. The van der Waals surface area contributed by atoms with Gasteiger partial charge in [0.2, 0.25) is 0 Å². The Morgan fingerprint density at radius 3 is 2.96 bits per heavy atom. The van der Waals surface area contributed by atoms with Crippen LogP contribution in [0, 0.1) is 0 Å². The van der Waals surface area contributed by atoms with Gasteiger partial charge in [0.1, 0.15) is 6.33 Å². The molecule has 3 aromatic rings. The largest absolute Gasteiger partial charge is 0.334 e. The van der Waals surface area contributed by atoms with Gasteiger partial charge in [0.15, 0.2) is 0 Å². The van der Waals surface area contributed by atoms with E-state index in [0.29, 0.717) is 17.8 Å². The van der Waals surface area contributed by atoms with Crippen molar-refractivity contribution in [2.45, 2.75) is 25.4 Å². The van der Waals surface area contributed by atoms with Gasteiger partial charge in [-0.05, 0) is 41.5 Å². The van der Waals surface area contributed by atoms with Crippen LogP contribution in [0.15, 0.2) is 49.1 Å². The van der Waals surface area contributed by atoms with Crippen molar-refractivity contribution in [1.29, 1.82) is 0 Å². The van der Waals surface area contributed by atoms with Gasteiger partial charge in [0, 0.05) is 18.9 Å². The molecule has 0 radical (unpaired) electrons. The fourth-order valence-corrected chi connectivity index (χ4v) is 3.20. The lowest BCUT2D eigenvalue weighted by atomic mass is 10.1. The standard InChI is InChI=1S/C16H17N7O/c24-16(14-6-1-2-7-15(14)23-12-17-19-20-23)22-10-3-5-13(22)11-21-9-4-8-18-21/h1-2,4,6-9,12-13H,3,5,10-11H2/t13-/m0/s1. The fraction of sp³-hybridized carbons (Fsp3) is 0.312. The monoisotopic (exact) mass is 323 g/mol. The predicted molar refractivity (Wildman–Crippen MR) is 85.4 cm³/mol. The average molecular weight is 323 g/mol. The van der Waals surface area contributed by atoms with E-state index in [2.05, 4.69) is 20.6 Å². The van der Waals surface area contributed by atoms with Crippen LogP contribution in [0.5, 0.6) is 0 Å². The number of hydrogen-bond acceptors (Lipinski definition) is 5. The Hall–Kier alpha value is -3.03. The average Bonchev–Trinajstić information content (AvgIpc) is 3.37. The molecule has 8 nitrogen and oxygen atoms in total. The molecule has 1 saturated heterocycles. The van der Waals surface area contributed by atoms with Gasteiger partial charge in [-0.1, -0.05) is 12.1 Å². The maximum absolute atomic E-state index is 13.1. The minimum absolute atomic E-state index is 0.00996. The van der Waals surface area contributed by atoms with Gasteiger partial charge >= 0.3 is 0 Å². The number of para-hydroxylation sites is 1. The van der Waals surface area contributed by atoms with E-state index in [4.69, 9.17) is 0 Å². The zero-order chi connectivity index (χ0) is 16.4. The first kappa shape index (κ1) is 14.6. The molecule has 0 unspecified atom stereocenters. The number of benzene rings is 1. The number of likely N-dealkylation sites (tertiary alicyclic amines) is 1. The van der Waals surface area contributed by atoms with E-state index in [-0.39, 0.29) is 11.9 Å². The molecule has 0 N–H and O–H groups in total. The first-order chi connectivity index (χ1) is 11.8. The number of tetrazole rings is 1. The Morgan fingerprint density at radius 2 is 2.17 bits per heavy atom. The van der Waals surface area contributed by atoms with Crippen LogP contribution in [0.4, 0.5) is 0 Å². The molecule has 1 fully saturated rings. The Bertz CT molecular complexity index is 813. The van der Waals surface area contributed by atoms with Crippen molar-refractivity contribution in [2.24, 2.45) is 0 Å². The van der Waals surface area contributed by atoms with Crippen molar-refractivity contribution in [2.75, 3.05) is 6.54 Å². The van der Waals surface area contributed by atoms with Crippen LogP contribution in [0.1, 0.15) is 23.2 Å². The second kappa shape index (κ2) is 6.23. The number of nitrogens with zero attached hydrogens (tertiary/aromatic N) is 7. The van der Waals surface area contributed by atoms with E-state index in [1.54, 1.807) is 6.20 Å². The maximum Gasteiger partial charge on any atom is 0.256 e. The highest BCUT2D eigenvalue weighted by Crippen LogP contribution is 2.23. The van der Waals surface area contributed by atoms with E-state index in [1.807, 2.05) is 46.1 Å². The number of carbonyl (C=O) groups is 1. The van der Waals surface area contributed by atoms with Crippen LogP contribution < -0.4 is 0 Å². The van der Waals surface area contributed by atoms with Crippen LogP contribution in [-0.2, 0) is 6.54 Å². The first-order valence-corrected chi connectivity index (χ1v) is 7.94. The molecule has 8 heteroatoms. The van der Waals surface area contributed by atoms with Gasteiger partial charge in [-0.15, -0.1) is 5.10 Å². The number of carbonyl (C=O) groups excluding carboxylic acids is 1. The molecule has 1 aliphatic rings. The third-order valence-corrected chi connectivity index (χ3v) is 4.33. The maximum atomic E-state index is 13.1. The SMILES string of the molecule is O=C(c1ccccc1-n1cnnn1)N1CCC[C@H]1Cn1cccn1. The van der Waals surface area contributed by atoms with Gasteiger partial charge in [-0.3, -0.25) is 9.48 Å². The second-order valence-corrected chi connectivity index (χ2v) is 5.79. The minimum Gasteiger partial charge on any atom is -0.334 e. The van der Waals surface area contributed by atoms with Crippen LogP contribution in [0.25, 0.3) is 5.69 Å². The molecule has 122 valence electrons. The fourth-order valence-electron chi connectivity index (χ4n) is 3.20. The van der Waals surface area contributed by atoms with E-state index < -0.39 is 0 Å². The number of hydrogen-bond donors (Lipinski definition) is 0. The summed E-state index contributed by atoms with van der Waals surface area (Å²) in [7, 11) is 0. The highest BCUT2D eigenvalue weighted by molar-refractivity contribution is 5.98. The van der Waals surface area contributed by atoms with Gasteiger partial charge in [-0.2, -0.15) is 9.78 Å². The lowest BCUT2D eigenvalue weighted by Gasteiger charge is -2.25. The summed E-state index contributed by atoms with van der Waals surface area (Å²) in [4.78, 5) is 15.1. The number of aromatic nitrogens is 6. The highest BCUT2D eigenvalue weighted by atomic mass is 16.2. The molecule has 1 atom stereocenters. The van der Waals surface area contributed by atoms with E-state index in [9.17, 15) is 4.79 Å². The quantitative estimate of drug-likeness (QED) is 0.720. The van der Waals surface area contributed by atoms with Gasteiger partial charge < -0.3 is 4.90 Å². The van der Waals surface area contributed by atoms with E-state index in [1.165, 1.54) is 11.0 Å². The summed E-state index contributed by atoms with van der Waals surface area (Å²) in [5.41, 5.74) is 1.30. The topological polar surface area (TPSA) is 81.7 Å². The lowest BCUT2D eigenvalue weighted by molar-refractivity contribution is 0.0721. The van der Waals surface area contributed by atoms with Crippen LogP contribution in [-0.4, -0.2) is 53.4 Å². The molecular weight excluding hydrogens is 306 g/mol. The zero-order valence-electron chi connectivity index (χ0n) is 13.1. The van der Waals surface area contributed by atoms with Gasteiger partial charge in [0.25, 0.3) is 5.91 Å². The summed E-state index contributed by atoms with van der Waals surface area (Å²) in [5.74, 6) is 0.00996. The zero-order valence-corrected chi connectivity index (χ0v) is 13.1. The lowest BCUT2D eigenvalue weighted by Crippen LogP contribution is -2.38. The first-order valence-electron chi connectivity index (χ1n) is 7.94. The van der Waals surface area contributed by atoms with E-state index >= 15 is 0 Å². The molecule has 1 aromatic carbocycles. The molecule has 3 heterocycles. The van der Waals surface area contributed by atoms with Crippen molar-refractivity contribution < 1.29 is 4.79 Å². The van der Waals surface area contributed by atoms with Crippen LogP contribution in [0.3, 0.4) is 0 Å².